The van der Waals surface area contributed by atoms with E-state index in [1.807, 2.05) is 0 Å². The van der Waals surface area contributed by atoms with E-state index < -0.39 is 5.76 Å². The van der Waals surface area contributed by atoms with E-state index in [1.54, 1.807) is 36.5 Å². The molecule has 0 aliphatic carbocycles. The Morgan fingerprint density at radius 3 is 2.85 bits per heavy atom. The van der Waals surface area contributed by atoms with Gasteiger partial charge in [-0.15, -0.1) is 0 Å². The number of fused-ring (bicyclic) bond motifs is 1. The molecule has 2 aromatic heterocycles. The average molecular weight is 353 g/mol. The second-order valence-corrected chi connectivity index (χ2v) is 6.24. The largest absolute Gasteiger partial charge is 0.420 e. The van der Waals surface area contributed by atoms with Gasteiger partial charge in [0, 0.05) is 19.3 Å². The number of aromatic nitrogens is 3. The summed E-state index contributed by atoms with van der Waals surface area (Å²) < 4.78 is 6.46. The van der Waals surface area contributed by atoms with Crippen molar-refractivity contribution in [3.8, 4) is 0 Å². The molecule has 26 heavy (non-hydrogen) atoms. The molecule has 0 radical (unpaired) electrons. The number of nitrogens with zero attached hydrogens (tertiary/aromatic N) is 4. The Balaban J connectivity index is 1.42. The van der Waals surface area contributed by atoms with Gasteiger partial charge in [-0.25, -0.2) is 14.8 Å². The summed E-state index contributed by atoms with van der Waals surface area (Å²) in [5.74, 6) is -0.119. The highest BCUT2D eigenvalue weighted by molar-refractivity contribution is 5.79. The number of benzene rings is 1. The molecule has 0 unspecified atom stereocenters. The zero-order valence-electron chi connectivity index (χ0n) is 14.2. The van der Waals surface area contributed by atoms with Crippen LogP contribution in [0.25, 0.3) is 11.1 Å². The Kier molecular flexibility index (Phi) is 4.39. The van der Waals surface area contributed by atoms with Gasteiger partial charge >= 0.3 is 5.76 Å². The molecule has 1 aromatic carbocycles. The first-order valence-electron chi connectivity index (χ1n) is 8.63. The van der Waals surface area contributed by atoms with Crippen molar-refractivity contribution in [2.24, 2.45) is 0 Å². The topological polar surface area (TPSA) is 93.3 Å². The van der Waals surface area contributed by atoms with E-state index in [-0.39, 0.29) is 19.0 Å². The first kappa shape index (κ1) is 16.3. The normalized spacial score (nSPS) is 14.1. The molecule has 0 atom stereocenters. The fraction of sp³-hybridized carbons (Fsp3) is 0.333. The van der Waals surface area contributed by atoms with Crippen LogP contribution in [0.2, 0.25) is 0 Å². The SMILES string of the molecule is O=C(Cn1c(=O)oc2ccccc21)NCc1ccnc(N2CCCC2)n1. The Morgan fingerprint density at radius 1 is 1.19 bits per heavy atom. The highest BCUT2D eigenvalue weighted by Gasteiger charge is 2.16. The van der Waals surface area contributed by atoms with Gasteiger partial charge in [0.1, 0.15) is 6.54 Å². The van der Waals surface area contributed by atoms with Gasteiger partial charge in [0.25, 0.3) is 0 Å². The number of anilines is 1. The van der Waals surface area contributed by atoms with Crippen molar-refractivity contribution in [2.45, 2.75) is 25.9 Å². The predicted molar refractivity (Wildman–Crippen MR) is 95.8 cm³/mol. The van der Waals surface area contributed by atoms with Gasteiger partial charge in [0.05, 0.1) is 17.8 Å². The molecule has 0 saturated carbocycles. The van der Waals surface area contributed by atoms with E-state index in [2.05, 4.69) is 20.2 Å². The average Bonchev–Trinajstić information content (AvgIpc) is 3.29. The molecule has 1 amide bonds. The van der Waals surface area contributed by atoms with Crippen LogP contribution >= 0.6 is 0 Å². The van der Waals surface area contributed by atoms with Crippen molar-refractivity contribution in [2.75, 3.05) is 18.0 Å². The van der Waals surface area contributed by atoms with Crippen LogP contribution in [-0.2, 0) is 17.9 Å². The third-order valence-corrected chi connectivity index (χ3v) is 4.43. The Hall–Kier alpha value is -3.16. The lowest BCUT2D eigenvalue weighted by molar-refractivity contribution is -0.121. The van der Waals surface area contributed by atoms with Gasteiger partial charge in [-0.3, -0.25) is 9.36 Å². The van der Waals surface area contributed by atoms with Gasteiger partial charge in [0.2, 0.25) is 11.9 Å². The van der Waals surface area contributed by atoms with E-state index in [9.17, 15) is 9.59 Å². The van der Waals surface area contributed by atoms with Crippen molar-refractivity contribution in [3.05, 3.63) is 52.8 Å². The summed E-state index contributed by atoms with van der Waals surface area (Å²) in [7, 11) is 0. The van der Waals surface area contributed by atoms with Crippen LogP contribution in [0.15, 0.2) is 45.7 Å². The van der Waals surface area contributed by atoms with Crippen LogP contribution in [0, 0.1) is 0 Å². The molecular formula is C18H19N5O3. The van der Waals surface area contributed by atoms with Gasteiger partial charge in [0.15, 0.2) is 5.58 Å². The number of hydrogen-bond acceptors (Lipinski definition) is 6. The van der Waals surface area contributed by atoms with Crippen LogP contribution in [0.5, 0.6) is 0 Å². The molecule has 1 aliphatic heterocycles. The smallest absolute Gasteiger partial charge is 0.408 e. The van der Waals surface area contributed by atoms with Crippen LogP contribution in [0.3, 0.4) is 0 Å². The van der Waals surface area contributed by atoms with E-state index in [0.29, 0.717) is 17.0 Å². The minimum atomic E-state index is -0.542. The van der Waals surface area contributed by atoms with Crippen LogP contribution < -0.4 is 16.0 Å². The van der Waals surface area contributed by atoms with E-state index in [0.717, 1.165) is 31.6 Å². The summed E-state index contributed by atoms with van der Waals surface area (Å²) in [6.07, 6.45) is 4.01. The van der Waals surface area contributed by atoms with Crippen molar-refractivity contribution >= 4 is 23.0 Å². The zero-order valence-corrected chi connectivity index (χ0v) is 14.2. The Bertz CT molecular complexity index is 988. The van der Waals surface area contributed by atoms with Crippen molar-refractivity contribution in [3.63, 3.8) is 0 Å². The summed E-state index contributed by atoms with van der Waals surface area (Å²) in [6, 6.07) is 8.81. The van der Waals surface area contributed by atoms with Crippen LogP contribution in [-0.4, -0.2) is 33.5 Å². The fourth-order valence-electron chi connectivity index (χ4n) is 3.10. The summed E-state index contributed by atoms with van der Waals surface area (Å²) in [6.45, 7) is 2.12. The van der Waals surface area contributed by atoms with Gasteiger partial charge < -0.3 is 14.6 Å². The van der Waals surface area contributed by atoms with Crippen molar-refractivity contribution in [1.82, 2.24) is 19.9 Å². The standard InChI is InChI=1S/C18H19N5O3/c24-16(12-23-14-5-1-2-6-15(14)26-18(23)25)20-11-13-7-8-19-17(21-13)22-9-3-4-10-22/h1-2,5-8H,3-4,9-12H2,(H,20,24). The number of carbonyl (C=O) groups excluding carboxylic acids is 1. The van der Waals surface area contributed by atoms with E-state index in [1.165, 1.54) is 4.57 Å². The number of rotatable bonds is 5. The maximum atomic E-state index is 12.3. The number of amides is 1. The third-order valence-electron chi connectivity index (χ3n) is 4.43. The molecule has 0 bridgehead atoms. The molecule has 8 heteroatoms. The molecule has 4 rings (SSSR count). The summed E-state index contributed by atoms with van der Waals surface area (Å²) in [5.41, 5.74) is 1.81. The van der Waals surface area contributed by atoms with Gasteiger partial charge in [-0.2, -0.15) is 0 Å². The first-order valence-corrected chi connectivity index (χ1v) is 8.63. The zero-order chi connectivity index (χ0) is 17.9. The summed E-state index contributed by atoms with van der Waals surface area (Å²) in [5, 5.41) is 2.80. The minimum absolute atomic E-state index is 0.0973. The van der Waals surface area contributed by atoms with Gasteiger partial charge in [-0.1, -0.05) is 12.1 Å². The molecular weight excluding hydrogens is 334 g/mol. The van der Waals surface area contributed by atoms with Crippen molar-refractivity contribution < 1.29 is 9.21 Å². The molecule has 1 fully saturated rings. The molecule has 1 N–H and O–H groups in total. The fourth-order valence-corrected chi connectivity index (χ4v) is 3.10. The maximum absolute atomic E-state index is 12.3. The monoisotopic (exact) mass is 353 g/mol. The lowest BCUT2D eigenvalue weighted by atomic mass is 10.3. The molecule has 134 valence electrons. The predicted octanol–water partition coefficient (Wildman–Crippen LogP) is 1.30. The van der Waals surface area contributed by atoms with Crippen LogP contribution in [0.4, 0.5) is 5.95 Å². The maximum Gasteiger partial charge on any atom is 0.420 e. The van der Waals surface area contributed by atoms with Crippen LogP contribution in [0.1, 0.15) is 18.5 Å². The highest BCUT2D eigenvalue weighted by Crippen LogP contribution is 2.15. The second-order valence-electron chi connectivity index (χ2n) is 6.24. The molecule has 3 aromatic rings. The number of carbonyl (C=O) groups is 1. The molecule has 0 spiro atoms. The molecule has 1 aliphatic rings. The number of hydrogen-bond donors (Lipinski definition) is 1. The highest BCUT2D eigenvalue weighted by atomic mass is 16.4. The molecule has 3 heterocycles. The second kappa shape index (κ2) is 6.99. The Morgan fingerprint density at radius 2 is 2.00 bits per heavy atom. The number of nitrogens with one attached hydrogen (secondary N) is 1. The lowest BCUT2D eigenvalue weighted by Gasteiger charge is -2.15. The van der Waals surface area contributed by atoms with Gasteiger partial charge in [-0.05, 0) is 31.0 Å². The lowest BCUT2D eigenvalue weighted by Crippen LogP contribution is -2.31. The molecule has 8 nitrogen and oxygen atoms in total. The molecule has 1 saturated heterocycles. The number of oxazole rings is 1. The summed E-state index contributed by atoms with van der Waals surface area (Å²) >= 11 is 0. The third kappa shape index (κ3) is 3.30. The van der Waals surface area contributed by atoms with E-state index in [4.69, 9.17) is 4.42 Å². The summed E-state index contributed by atoms with van der Waals surface area (Å²) in [4.78, 5) is 35.1. The van der Waals surface area contributed by atoms with E-state index >= 15 is 0 Å². The minimum Gasteiger partial charge on any atom is -0.408 e. The van der Waals surface area contributed by atoms with Crippen molar-refractivity contribution in [1.29, 1.82) is 0 Å². The first-order chi connectivity index (χ1) is 12.7. The quantitative estimate of drug-likeness (QED) is 0.743. The Labute approximate surface area is 149 Å². The number of para-hydroxylation sites is 2.